The van der Waals surface area contributed by atoms with Gasteiger partial charge in [-0.25, -0.2) is 4.98 Å². The fraction of sp³-hybridized carbons (Fsp3) is 0.538. The zero-order chi connectivity index (χ0) is 13.7. The zero-order valence-electron chi connectivity index (χ0n) is 10.9. The van der Waals surface area contributed by atoms with Crippen molar-refractivity contribution in [3.8, 4) is 0 Å². The third kappa shape index (κ3) is 3.65. The van der Waals surface area contributed by atoms with E-state index in [1.165, 1.54) is 6.20 Å². The molecule has 1 fully saturated rings. The second-order valence-corrected chi connectivity index (χ2v) is 5.22. The van der Waals surface area contributed by atoms with Crippen LogP contribution in [0, 0.1) is 0 Å². The van der Waals surface area contributed by atoms with Crippen LogP contribution in [-0.4, -0.2) is 43.2 Å². The minimum absolute atomic E-state index is 0.156. The quantitative estimate of drug-likeness (QED) is 0.853. The van der Waals surface area contributed by atoms with Gasteiger partial charge in [-0.15, -0.1) is 0 Å². The van der Waals surface area contributed by atoms with E-state index in [1.807, 2.05) is 0 Å². The van der Waals surface area contributed by atoms with Gasteiger partial charge in [-0.1, -0.05) is 11.6 Å². The summed E-state index contributed by atoms with van der Waals surface area (Å²) in [6.45, 7) is 2.07. The minimum atomic E-state index is -0.194. The molecule has 1 atom stereocenters. The Morgan fingerprint density at radius 3 is 3.05 bits per heavy atom. The topological polar surface area (TPSA) is 63.2 Å². The van der Waals surface area contributed by atoms with Gasteiger partial charge in [-0.2, -0.15) is 0 Å². The third-order valence-corrected chi connectivity index (χ3v) is 3.52. The smallest absolute Gasteiger partial charge is 0.269 e. The molecule has 6 heteroatoms. The molecule has 2 rings (SSSR count). The van der Waals surface area contributed by atoms with Crippen molar-refractivity contribution in [3.05, 3.63) is 29.0 Å². The minimum Gasteiger partial charge on any atom is -0.383 e. The lowest BCUT2D eigenvalue weighted by atomic mass is 9.98. The number of ether oxygens (including phenoxy) is 1. The Balaban J connectivity index is 1.93. The third-order valence-electron chi connectivity index (χ3n) is 3.30. The second-order valence-electron chi connectivity index (χ2n) is 4.79. The fourth-order valence-electron chi connectivity index (χ4n) is 2.32. The molecule has 1 aromatic heterocycles. The molecule has 0 aliphatic carbocycles. The maximum absolute atomic E-state index is 12.0. The fourth-order valence-corrected chi connectivity index (χ4v) is 2.43. The molecule has 0 spiro atoms. The summed E-state index contributed by atoms with van der Waals surface area (Å²) >= 11 is 5.74. The van der Waals surface area contributed by atoms with Crippen LogP contribution < -0.4 is 10.6 Å². The van der Waals surface area contributed by atoms with Crippen LogP contribution in [0.4, 0.5) is 0 Å². The van der Waals surface area contributed by atoms with Crippen LogP contribution in [0.15, 0.2) is 18.3 Å². The van der Waals surface area contributed by atoms with Crippen molar-refractivity contribution in [2.75, 3.05) is 26.8 Å². The molecule has 2 N–H and O–H groups in total. The molecule has 1 aromatic rings. The average Bonchev–Trinajstić information content (AvgIpc) is 2.86. The second kappa shape index (κ2) is 6.32. The Labute approximate surface area is 117 Å². The molecule has 104 valence electrons. The van der Waals surface area contributed by atoms with E-state index in [1.54, 1.807) is 19.2 Å². The number of rotatable bonds is 5. The molecule has 1 saturated heterocycles. The lowest BCUT2D eigenvalue weighted by molar-refractivity contribution is 0.0887. The van der Waals surface area contributed by atoms with Gasteiger partial charge in [0.1, 0.15) is 5.69 Å². The van der Waals surface area contributed by atoms with Gasteiger partial charge in [-0.05, 0) is 31.5 Å². The molecule has 1 aliphatic rings. The Hall–Kier alpha value is -1.17. The van der Waals surface area contributed by atoms with Crippen molar-refractivity contribution in [2.45, 2.75) is 18.4 Å². The van der Waals surface area contributed by atoms with Crippen LogP contribution in [0.1, 0.15) is 23.3 Å². The number of carbonyl (C=O) groups is 1. The number of halogens is 1. The summed E-state index contributed by atoms with van der Waals surface area (Å²) in [5, 5.41) is 6.82. The molecular formula is C13H18ClN3O2. The first-order chi connectivity index (χ1) is 9.15. The van der Waals surface area contributed by atoms with E-state index in [0.29, 0.717) is 23.9 Å². The zero-order valence-corrected chi connectivity index (χ0v) is 11.7. The van der Waals surface area contributed by atoms with E-state index in [-0.39, 0.29) is 11.4 Å². The van der Waals surface area contributed by atoms with Gasteiger partial charge in [0.05, 0.1) is 17.2 Å². The monoisotopic (exact) mass is 283 g/mol. The number of hydrogen-bond acceptors (Lipinski definition) is 4. The predicted octanol–water partition coefficient (Wildman–Crippen LogP) is 1.23. The summed E-state index contributed by atoms with van der Waals surface area (Å²) in [7, 11) is 1.67. The van der Waals surface area contributed by atoms with Gasteiger partial charge < -0.3 is 15.4 Å². The van der Waals surface area contributed by atoms with Crippen molar-refractivity contribution in [1.29, 1.82) is 0 Å². The van der Waals surface area contributed by atoms with Crippen LogP contribution in [-0.2, 0) is 4.74 Å². The first kappa shape index (κ1) is 14.2. The summed E-state index contributed by atoms with van der Waals surface area (Å²) < 4.78 is 5.24. The normalized spacial score (nSPS) is 22.4. The van der Waals surface area contributed by atoms with Crippen LogP contribution in [0.5, 0.6) is 0 Å². The summed E-state index contributed by atoms with van der Waals surface area (Å²) in [5.74, 6) is -0.194. The number of nitrogens with one attached hydrogen (secondary N) is 2. The number of methoxy groups -OCH3 is 1. The molecular weight excluding hydrogens is 266 g/mol. The molecule has 0 bridgehead atoms. The molecule has 2 heterocycles. The van der Waals surface area contributed by atoms with E-state index in [4.69, 9.17) is 16.3 Å². The highest BCUT2D eigenvalue weighted by atomic mass is 35.5. The highest BCUT2D eigenvalue weighted by molar-refractivity contribution is 6.30. The Morgan fingerprint density at radius 1 is 1.63 bits per heavy atom. The Kier molecular flexibility index (Phi) is 4.74. The maximum Gasteiger partial charge on any atom is 0.269 e. The summed E-state index contributed by atoms with van der Waals surface area (Å²) in [6, 6.07) is 3.27. The first-order valence-corrected chi connectivity index (χ1v) is 6.67. The van der Waals surface area contributed by atoms with Gasteiger partial charge in [0.15, 0.2) is 0 Å². The van der Waals surface area contributed by atoms with Gasteiger partial charge in [-0.3, -0.25) is 4.79 Å². The molecule has 1 amide bonds. The molecule has 0 aromatic carbocycles. The van der Waals surface area contributed by atoms with Crippen LogP contribution in [0.2, 0.25) is 5.02 Å². The molecule has 19 heavy (non-hydrogen) atoms. The van der Waals surface area contributed by atoms with Gasteiger partial charge in [0, 0.05) is 19.9 Å². The Bertz CT molecular complexity index is 430. The van der Waals surface area contributed by atoms with Gasteiger partial charge >= 0.3 is 0 Å². The van der Waals surface area contributed by atoms with Crippen LogP contribution in [0.3, 0.4) is 0 Å². The standard InChI is InChI=1S/C13H18ClN3O2/c1-19-9-13(5-2-6-17-13)8-16-12(18)11-4-3-10(14)7-15-11/h3-4,7,17H,2,5-6,8-9H2,1H3,(H,16,18). The molecule has 1 aliphatic heterocycles. The first-order valence-electron chi connectivity index (χ1n) is 6.29. The summed E-state index contributed by atoms with van der Waals surface area (Å²) in [4.78, 5) is 16.0. The van der Waals surface area contributed by atoms with E-state index in [2.05, 4.69) is 15.6 Å². The van der Waals surface area contributed by atoms with E-state index < -0.39 is 0 Å². The molecule has 5 nitrogen and oxygen atoms in total. The number of nitrogens with zero attached hydrogens (tertiary/aromatic N) is 1. The number of hydrogen-bond donors (Lipinski definition) is 2. The lowest BCUT2D eigenvalue weighted by Crippen LogP contribution is -2.53. The van der Waals surface area contributed by atoms with Crippen molar-refractivity contribution < 1.29 is 9.53 Å². The van der Waals surface area contributed by atoms with E-state index >= 15 is 0 Å². The van der Waals surface area contributed by atoms with E-state index in [9.17, 15) is 4.79 Å². The van der Waals surface area contributed by atoms with Crippen LogP contribution in [0.25, 0.3) is 0 Å². The Morgan fingerprint density at radius 2 is 2.47 bits per heavy atom. The number of pyridine rings is 1. The summed E-state index contributed by atoms with van der Waals surface area (Å²) in [6.07, 6.45) is 3.56. The molecule has 1 unspecified atom stereocenters. The largest absolute Gasteiger partial charge is 0.383 e. The van der Waals surface area contributed by atoms with Crippen molar-refractivity contribution in [3.63, 3.8) is 0 Å². The van der Waals surface area contributed by atoms with Crippen LogP contribution >= 0.6 is 11.6 Å². The van der Waals surface area contributed by atoms with Crippen molar-refractivity contribution in [1.82, 2.24) is 15.6 Å². The predicted molar refractivity (Wildman–Crippen MR) is 73.4 cm³/mol. The maximum atomic E-state index is 12.0. The molecule has 0 saturated carbocycles. The van der Waals surface area contributed by atoms with Crippen molar-refractivity contribution >= 4 is 17.5 Å². The SMILES string of the molecule is COCC1(CNC(=O)c2ccc(Cl)cn2)CCCN1. The van der Waals surface area contributed by atoms with Crippen molar-refractivity contribution in [2.24, 2.45) is 0 Å². The van der Waals surface area contributed by atoms with Gasteiger partial charge in [0.2, 0.25) is 0 Å². The summed E-state index contributed by atoms with van der Waals surface area (Å²) in [5.41, 5.74) is 0.214. The lowest BCUT2D eigenvalue weighted by Gasteiger charge is -2.28. The number of aromatic nitrogens is 1. The average molecular weight is 284 g/mol. The number of amides is 1. The van der Waals surface area contributed by atoms with E-state index in [0.717, 1.165) is 19.4 Å². The molecule has 0 radical (unpaired) electrons. The highest BCUT2D eigenvalue weighted by Gasteiger charge is 2.33. The highest BCUT2D eigenvalue weighted by Crippen LogP contribution is 2.19. The number of carbonyl (C=O) groups excluding carboxylic acids is 1. The van der Waals surface area contributed by atoms with Gasteiger partial charge in [0.25, 0.3) is 5.91 Å².